The van der Waals surface area contributed by atoms with E-state index < -0.39 is 0 Å². The number of furan rings is 1. The molecule has 0 radical (unpaired) electrons. The van der Waals surface area contributed by atoms with E-state index in [1.54, 1.807) is 7.11 Å². The second kappa shape index (κ2) is 4.41. The van der Waals surface area contributed by atoms with Crippen LogP contribution in [0.4, 0.5) is 0 Å². The fourth-order valence-electron chi connectivity index (χ4n) is 2.08. The number of benzene rings is 1. The lowest BCUT2D eigenvalue weighted by atomic mass is 10.1. The van der Waals surface area contributed by atoms with E-state index in [0.29, 0.717) is 0 Å². The SMILES string of the molecule is COc1ccc2c(CCNC3CC3)coc2c1. The molecule has 0 saturated heterocycles. The molecule has 1 aliphatic rings. The van der Waals surface area contributed by atoms with Gasteiger partial charge in [0.1, 0.15) is 11.3 Å². The summed E-state index contributed by atoms with van der Waals surface area (Å²) >= 11 is 0. The van der Waals surface area contributed by atoms with Crippen LogP contribution in [-0.4, -0.2) is 19.7 Å². The number of ether oxygens (including phenoxy) is 1. The predicted octanol–water partition coefficient (Wildman–Crippen LogP) is 2.74. The number of nitrogens with one attached hydrogen (secondary N) is 1. The lowest BCUT2D eigenvalue weighted by Crippen LogP contribution is -2.19. The minimum absolute atomic E-state index is 0.772. The Morgan fingerprint density at radius 2 is 2.29 bits per heavy atom. The topological polar surface area (TPSA) is 34.4 Å². The summed E-state index contributed by atoms with van der Waals surface area (Å²) in [5.41, 5.74) is 2.18. The van der Waals surface area contributed by atoms with Crippen molar-refractivity contribution >= 4 is 11.0 Å². The maximum Gasteiger partial charge on any atom is 0.137 e. The van der Waals surface area contributed by atoms with Crippen molar-refractivity contribution in [3.63, 3.8) is 0 Å². The largest absolute Gasteiger partial charge is 0.497 e. The molecule has 1 aliphatic carbocycles. The minimum Gasteiger partial charge on any atom is -0.497 e. The van der Waals surface area contributed by atoms with Gasteiger partial charge < -0.3 is 14.5 Å². The fraction of sp³-hybridized carbons (Fsp3) is 0.429. The van der Waals surface area contributed by atoms with E-state index in [9.17, 15) is 0 Å². The molecule has 0 amide bonds. The van der Waals surface area contributed by atoms with Gasteiger partial charge in [-0.05, 0) is 43.5 Å². The molecule has 1 aromatic carbocycles. The first-order chi connectivity index (χ1) is 8.36. The number of hydrogen-bond donors (Lipinski definition) is 1. The van der Waals surface area contributed by atoms with Crippen LogP contribution in [0.25, 0.3) is 11.0 Å². The molecule has 1 heterocycles. The fourth-order valence-corrected chi connectivity index (χ4v) is 2.08. The molecule has 1 N–H and O–H groups in total. The second-order valence-corrected chi connectivity index (χ2v) is 4.60. The molecule has 0 aliphatic heterocycles. The molecule has 1 aromatic heterocycles. The summed E-state index contributed by atoms with van der Waals surface area (Å²) in [6, 6.07) is 6.76. The van der Waals surface area contributed by atoms with Crippen LogP contribution in [-0.2, 0) is 6.42 Å². The molecule has 0 bridgehead atoms. The minimum atomic E-state index is 0.772. The van der Waals surface area contributed by atoms with Crippen molar-refractivity contribution in [3.8, 4) is 5.75 Å². The Kier molecular flexibility index (Phi) is 2.77. The summed E-state index contributed by atoms with van der Waals surface area (Å²) in [5.74, 6) is 0.842. The van der Waals surface area contributed by atoms with Crippen molar-refractivity contribution in [1.82, 2.24) is 5.32 Å². The summed E-state index contributed by atoms with van der Waals surface area (Å²) in [7, 11) is 1.67. The van der Waals surface area contributed by atoms with Crippen molar-refractivity contribution in [1.29, 1.82) is 0 Å². The van der Waals surface area contributed by atoms with Crippen molar-refractivity contribution in [2.45, 2.75) is 25.3 Å². The van der Waals surface area contributed by atoms with Crippen LogP contribution >= 0.6 is 0 Å². The van der Waals surface area contributed by atoms with Crippen LogP contribution in [0.3, 0.4) is 0 Å². The molecule has 2 aromatic rings. The Bertz CT molecular complexity index is 514. The van der Waals surface area contributed by atoms with Gasteiger partial charge in [-0.1, -0.05) is 0 Å². The number of hydrogen-bond acceptors (Lipinski definition) is 3. The molecule has 0 atom stereocenters. The van der Waals surface area contributed by atoms with Crippen molar-refractivity contribution in [3.05, 3.63) is 30.0 Å². The van der Waals surface area contributed by atoms with E-state index in [4.69, 9.17) is 9.15 Å². The maximum atomic E-state index is 5.56. The Balaban J connectivity index is 1.74. The molecular weight excluding hydrogens is 214 g/mol. The van der Waals surface area contributed by atoms with E-state index in [2.05, 4.69) is 11.4 Å². The molecule has 17 heavy (non-hydrogen) atoms. The highest BCUT2D eigenvalue weighted by Crippen LogP contribution is 2.26. The van der Waals surface area contributed by atoms with E-state index >= 15 is 0 Å². The number of methoxy groups -OCH3 is 1. The zero-order chi connectivity index (χ0) is 11.7. The summed E-state index contributed by atoms with van der Waals surface area (Å²) in [6.45, 7) is 1.03. The Morgan fingerprint density at radius 1 is 1.41 bits per heavy atom. The van der Waals surface area contributed by atoms with Crippen LogP contribution in [0, 0.1) is 0 Å². The average Bonchev–Trinajstić information content (AvgIpc) is 3.10. The molecule has 1 saturated carbocycles. The zero-order valence-electron chi connectivity index (χ0n) is 10.0. The van der Waals surface area contributed by atoms with Crippen molar-refractivity contribution < 1.29 is 9.15 Å². The highest BCUT2D eigenvalue weighted by Gasteiger charge is 2.19. The summed E-state index contributed by atoms with van der Waals surface area (Å²) in [6.07, 6.45) is 5.56. The molecule has 0 unspecified atom stereocenters. The van der Waals surface area contributed by atoms with Gasteiger partial charge in [-0.3, -0.25) is 0 Å². The van der Waals surface area contributed by atoms with E-state index in [-0.39, 0.29) is 0 Å². The first-order valence-electron chi connectivity index (χ1n) is 6.14. The molecule has 3 heteroatoms. The van der Waals surface area contributed by atoms with Crippen LogP contribution in [0.2, 0.25) is 0 Å². The Morgan fingerprint density at radius 3 is 3.06 bits per heavy atom. The predicted molar refractivity (Wildman–Crippen MR) is 67.5 cm³/mol. The summed E-state index contributed by atoms with van der Waals surface area (Å²) in [4.78, 5) is 0. The second-order valence-electron chi connectivity index (χ2n) is 4.60. The van der Waals surface area contributed by atoms with Gasteiger partial charge in [-0.25, -0.2) is 0 Å². The highest BCUT2D eigenvalue weighted by atomic mass is 16.5. The van der Waals surface area contributed by atoms with Gasteiger partial charge in [0.15, 0.2) is 0 Å². The molecule has 0 spiro atoms. The normalized spacial score (nSPS) is 15.4. The monoisotopic (exact) mass is 231 g/mol. The third kappa shape index (κ3) is 2.29. The molecule has 3 nitrogen and oxygen atoms in total. The van der Waals surface area contributed by atoms with Crippen molar-refractivity contribution in [2.24, 2.45) is 0 Å². The molecular formula is C14H17NO2. The van der Waals surface area contributed by atoms with Gasteiger partial charge in [-0.2, -0.15) is 0 Å². The first-order valence-corrected chi connectivity index (χ1v) is 6.14. The van der Waals surface area contributed by atoms with Gasteiger partial charge in [0.2, 0.25) is 0 Å². The van der Waals surface area contributed by atoms with Gasteiger partial charge in [0.25, 0.3) is 0 Å². The third-order valence-corrected chi connectivity index (χ3v) is 3.27. The van der Waals surface area contributed by atoms with Gasteiger partial charge in [0, 0.05) is 17.5 Å². The van der Waals surface area contributed by atoms with Crippen LogP contribution in [0.15, 0.2) is 28.9 Å². The quantitative estimate of drug-likeness (QED) is 0.859. The maximum absolute atomic E-state index is 5.56. The first kappa shape index (κ1) is 10.7. The average molecular weight is 231 g/mol. The number of rotatable bonds is 5. The van der Waals surface area contributed by atoms with Gasteiger partial charge >= 0.3 is 0 Å². The lowest BCUT2D eigenvalue weighted by Gasteiger charge is -2.01. The van der Waals surface area contributed by atoms with Gasteiger partial charge in [-0.15, -0.1) is 0 Å². The molecule has 1 fully saturated rings. The molecule has 90 valence electrons. The van der Waals surface area contributed by atoms with E-state index in [0.717, 1.165) is 30.3 Å². The number of fused-ring (bicyclic) bond motifs is 1. The zero-order valence-corrected chi connectivity index (χ0v) is 10.0. The van der Waals surface area contributed by atoms with Crippen LogP contribution < -0.4 is 10.1 Å². The van der Waals surface area contributed by atoms with E-state index in [1.165, 1.54) is 23.8 Å². The standard InChI is InChI=1S/C14H17NO2/c1-16-12-4-5-13-10(9-17-14(13)8-12)6-7-15-11-2-3-11/h4-5,8-9,11,15H,2-3,6-7H2,1H3. The van der Waals surface area contributed by atoms with Crippen LogP contribution in [0.5, 0.6) is 5.75 Å². The van der Waals surface area contributed by atoms with Crippen LogP contribution in [0.1, 0.15) is 18.4 Å². The van der Waals surface area contributed by atoms with E-state index in [1.807, 2.05) is 18.4 Å². The van der Waals surface area contributed by atoms with Crippen molar-refractivity contribution in [2.75, 3.05) is 13.7 Å². The van der Waals surface area contributed by atoms with Gasteiger partial charge in [0.05, 0.1) is 13.4 Å². The summed E-state index contributed by atoms with van der Waals surface area (Å²) < 4.78 is 10.7. The third-order valence-electron chi connectivity index (χ3n) is 3.27. The highest BCUT2D eigenvalue weighted by molar-refractivity contribution is 5.82. The Labute approximate surface area is 101 Å². The molecule has 3 rings (SSSR count). The summed E-state index contributed by atoms with van der Waals surface area (Å²) in [5, 5.41) is 4.71. The smallest absolute Gasteiger partial charge is 0.137 e. The lowest BCUT2D eigenvalue weighted by molar-refractivity contribution is 0.414. The Hall–Kier alpha value is -1.48.